The van der Waals surface area contributed by atoms with Crippen LogP contribution in [0.3, 0.4) is 0 Å². The molecule has 1 aromatic carbocycles. The molecule has 1 aliphatic heterocycles. The van der Waals surface area contributed by atoms with Crippen LogP contribution in [-0.4, -0.2) is 49.5 Å². The van der Waals surface area contributed by atoms with Crippen LogP contribution in [0.25, 0.3) is 0 Å². The number of amides is 1. The fourth-order valence-electron chi connectivity index (χ4n) is 3.67. The van der Waals surface area contributed by atoms with Gasteiger partial charge < -0.3 is 20.4 Å². The number of nitrogens with zero attached hydrogens (tertiary/aromatic N) is 2. The first-order valence-electron chi connectivity index (χ1n) is 10.9. The molecule has 0 bridgehead atoms. The number of anilines is 1. The molecule has 0 aliphatic carbocycles. The Labute approximate surface area is 189 Å². The normalized spacial score (nSPS) is 15.6. The Morgan fingerprint density at radius 2 is 2.06 bits per heavy atom. The number of aryl methyl sites for hydroxylation is 1. The number of aliphatic imine (C=N–C) groups is 1. The molecule has 1 fully saturated rings. The van der Waals surface area contributed by atoms with E-state index in [1.54, 1.807) is 6.26 Å². The van der Waals surface area contributed by atoms with Crippen molar-refractivity contribution in [1.82, 2.24) is 15.5 Å². The van der Waals surface area contributed by atoms with E-state index in [9.17, 15) is 4.79 Å². The molecule has 1 atom stereocenters. The molecule has 1 saturated heterocycles. The molecule has 2 aromatic rings. The third-order valence-electron chi connectivity index (χ3n) is 5.26. The molecule has 0 saturated carbocycles. The van der Waals surface area contributed by atoms with E-state index in [0.29, 0.717) is 36.2 Å². The van der Waals surface area contributed by atoms with Crippen molar-refractivity contribution in [1.29, 1.82) is 0 Å². The summed E-state index contributed by atoms with van der Waals surface area (Å²) in [6.07, 6.45) is 4.44. The number of rotatable bonds is 9. The molecule has 1 unspecified atom stereocenters. The maximum Gasteiger partial charge on any atom is 0.226 e. The summed E-state index contributed by atoms with van der Waals surface area (Å²) in [7, 11) is 0. The molecule has 168 valence electrons. The number of carbonyl (C=O) groups excluding carboxylic acids is 1. The number of furan rings is 1. The van der Waals surface area contributed by atoms with Gasteiger partial charge >= 0.3 is 0 Å². The lowest BCUT2D eigenvalue weighted by Gasteiger charge is -2.24. The van der Waals surface area contributed by atoms with E-state index in [4.69, 9.17) is 21.0 Å². The summed E-state index contributed by atoms with van der Waals surface area (Å²) in [5.41, 5.74) is 1.68. The predicted molar refractivity (Wildman–Crippen MR) is 126 cm³/mol. The van der Waals surface area contributed by atoms with Gasteiger partial charge in [0.2, 0.25) is 5.91 Å². The summed E-state index contributed by atoms with van der Waals surface area (Å²) in [6.45, 7) is 7.91. The van der Waals surface area contributed by atoms with Gasteiger partial charge in [-0.1, -0.05) is 17.7 Å². The van der Waals surface area contributed by atoms with E-state index in [-0.39, 0.29) is 11.9 Å². The molecule has 0 radical (unpaired) electrons. The van der Waals surface area contributed by atoms with Gasteiger partial charge in [-0.3, -0.25) is 14.7 Å². The van der Waals surface area contributed by atoms with Crippen molar-refractivity contribution in [3.63, 3.8) is 0 Å². The lowest BCUT2D eigenvalue weighted by Crippen LogP contribution is -2.39. The van der Waals surface area contributed by atoms with Gasteiger partial charge in [-0.25, -0.2) is 0 Å². The number of guanidine groups is 1. The van der Waals surface area contributed by atoms with Crippen LogP contribution in [0.1, 0.15) is 43.6 Å². The minimum absolute atomic E-state index is 0.0976. The van der Waals surface area contributed by atoms with Crippen LogP contribution in [0.15, 0.2) is 46.0 Å². The maximum atomic E-state index is 12.3. The van der Waals surface area contributed by atoms with Crippen molar-refractivity contribution in [2.24, 2.45) is 4.99 Å². The highest BCUT2D eigenvalue weighted by molar-refractivity contribution is 6.33. The zero-order chi connectivity index (χ0) is 22.1. The minimum Gasteiger partial charge on any atom is -0.468 e. The second kappa shape index (κ2) is 11.8. The molecule has 2 heterocycles. The van der Waals surface area contributed by atoms with Gasteiger partial charge in [-0.2, -0.15) is 0 Å². The second-order valence-corrected chi connectivity index (χ2v) is 8.11. The highest BCUT2D eigenvalue weighted by Gasteiger charge is 2.25. The van der Waals surface area contributed by atoms with Gasteiger partial charge in [0.15, 0.2) is 5.96 Å². The number of hydrogen-bond donors (Lipinski definition) is 3. The number of carbonyl (C=O) groups is 1. The van der Waals surface area contributed by atoms with Crippen LogP contribution in [0.2, 0.25) is 5.02 Å². The van der Waals surface area contributed by atoms with Gasteiger partial charge in [-0.05, 0) is 69.6 Å². The molecule has 1 aliphatic rings. The fraction of sp³-hybridized carbons (Fsp3) is 0.478. The van der Waals surface area contributed by atoms with Gasteiger partial charge in [0, 0.05) is 19.5 Å². The Hall–Kier alpha value is -2.51. The smallest absolute Gasteiger partial charge is 0.226 e. The van der Waals surface area contributed by atoms with Crippen LogP contribution < -0.4 is 16.0 Å². The van der Waals surface area contributed by atoms with Crippen molar-refractivity contribution in [3.8, 4) is 0 Å². The number of halogens is 1. The first kappa shape index (κ1) is 23.2. The lowest BCUT2D eigenvalue weighted by molar-refractivity contribution is -0.116. The van der Waals surface area contributed by atoms with E-state index >= 15 is 0 Å². The highest BCUT2D eigenvalue weighted by atomic mass is 35.5. The molecule has 1 aromatic heterocycles. The van der Waals surface area contributed by atoms with E-state index < -0.39 is 0 Å². The van der Waals surface area contributed by atoms with Gasteiger partial charge in [0.05, 0.1) is 29.6 Å². The van der Waals surface area contributed by atoms with Crippen LogP contribution >= 0.6 is 11.6 Å². The van der Waals surface area contributed by atoms with Crippen LogP contribution in [0.4, 0.5) is 5.69 Å². The Kier molecular flexibility index (Phi) is 8.79. The Balaban J connectivity index is 1.53. The van der Waals surface area contributed by atoms with E-state index in [1.807, 2.05) is 44.2 Å². The maximum absolute atomic E-state index is 12.3. The van der Waals surface area contributed by atoms with Gasteiger partial charge in [0.1, 0.15) is 5.76 Å². The zero-order valence-electron chi connectivity index (χ0n) is 18.3. The van der Waals surface area contributed by atoms with E-state index in [0.717, 1.165) is 31.0 Å². The first-order valence-corrected chi connectivity index (χ1v) is 11.3. The van der Waals surface area contributed by atoms with Crippen molar-refractivity contribution in [2.45, 2.75) is 39.2 Å². The quantitative estimate of drug-likeness (QED) is 0.402. The average molecular weight is 446 g/mol. The molecule has 0 spiro atoms. The number of nitrogens with one attached hydrogen (secondary N) is 3. The molecular weight excluding hydrogens is 414 g/mol. The molecule has 31 heavy (non-hydrogen) atoms. The van der Waals surface area contributed by atoms with Crippen molar-refractivity contribution in [2.75, 3.05) is 38.0 Å². The fourth-order valence-corrected chi connectivity index (χ4v) is 3.95. The van der Waals surface area contributed by atoms with Crippen LogP contribution in [-0.2, 0) is 4.79 Å². The van der Waals surface area contributed by atoms with Gasteiger partial charge in [-0.15, -0.1) is 0 Å². The second-order valence-electron chi connectivity index (χ2n) is 7.70. The Morgan fingerprint density at radius 3 is 2.74 bits per heavy atom. The Bertz CT molecular complexity index is 863. The van der Waals surface area contributed by atoms with E-state index in [1.165, 1.54) is 12.8 Å². The van der Waals surface area contributed by atoms with Crippen molar-refractivity contribution in [3.05, 3.63) is 52.9 Å². The molecule has 3 rings (SSSR count). The average Bonchev–Trinajstić information content (AvgIpc) is 3.45. The van der Waals surface area contributed by atoms with Crippen LogP contribution in [0, 0.1) is 6.92 Å². The summed E-state index contributed by atoms with van der Waals surface area (Å²) in [5.74, 6) is 1.54. The molecular formula is C23H32ClN5O2. The summed E-state index contributed by atoms with van der Waals surface area (Å²) in [5, 5.41) is 9.90. The lowest BCUT2D eigenvalue weighted by atomic mass is 10.2. The van der Waals surface area contributed by atoms with E-state index in [2.05, 4.69) is 20.9 Å². The summed E-state index contributed by atoms with van der Waals surface area (Å²) >= 11 is 6.20. The molecule has 7 nitrogen and oxygen atoms in total. The predicted octanol–water partition coefficient (Wildman–Crippen LogP) is 3.96. The molecule has 3 N–H and O–H groups in total. The Morgan fingerprint density at radius 1 is 1.26 bits per heavy atom. The highest BCUT2D eigenvalue weighted by Crippen LogP contribution is 2.26. The third kappa shape index (κ3) is 7.01. The van der Waals surface area contributed by atoms with Crippen molar-refractivity contribution < 1.29 is 9.21 Å². The number of benzene rings is 1. The first-order chi connectivity index (χ1) is 15.1. The monoisotopic (exact) mass is 445 g/mol. The summed E-state index contributed by atoms with van der Waals surface area (Å²) < 4.78 is 5.67. The topological polar surface area (TPSA) is 81.9 Å². The molecule has 1 amide bonds. The number of likely N-dealkylation sites (tertiary alicyclic amines) is 1. The standard InChI is InChI=1S/C23H32ClN5O2/c1-3-25-23(26-11-10-22(30)28-19-9-8-17(2)15-18(19)24)27-16-20(21-7-6-14-31-21)29-12-4-5-13-29/h6-9,14-15,20H,3-5,10-13,16H2,1-2H3,(H,28,30)(H2,25,26,27). The summed E-state index contributed by atoms with van der Waals surface area (Å²) in [4.78, 5) is 19.5. The SMILES string of the molecule is CCNC(=NCC(c1ccco1)N1CCCC1)NCCC(=O)Nc1ccc(C)cc1Cl. The van der Waals surface area contributed by atoms with Crippen LogP contribution in [0.5, 0.6) is 0 Å². The van der Waals surface area contributed by atoms with Gasteiger partial charge in [0.25, 0.3) is 0 Å². The van der Waals surface area contributed by atoms with Crippen molar-refractivity contribution >= 4 is 29.2 Å². The summed E-state index contributed by atoms with van der Waals surface area (Å²) in [6, 6.07) is 9.64. The third-order valence-corrected chi connectivity index (χ3v) is 5.58. The minimum atomic E-state index is -0.0976. The number of hydrogen-bond acceptors (Lipinski definition) is 4. The zero-order valence-corrected chi connectivity index (χ0v) is 19.0. The molecule has 8 heteroatoms. The largest absolute Gasteiger partial charge is 0.468 e.